The highest BCUT2D eigenvalue weighted by Crippen LogP contribution is 2.22. The Kier molecular flexibility index (Phi) is 13.7. The molecule has 10 heteroatoms. The van der Waals surface area contributed by atoms with E-state index in [1.165, 1.54) is 0 Å². The van der Waals surface area contributed by atoms with E-state index in [4.69, 9.17) is 32.7 Å². The van der Waals surface area contributed by atoms with Crippen LogP contribution in [0.3, 0.4) is 0 Å². The van der Waals surface area contributed by atoms with Gasteiger partial charge in [-0.3, -0.25) is 9.79 Å². The maximum atomic E-state index is 12.2. The Hall–Kier alpha value is -0.810. The number of nitrogens with zero attached hydrogens (tertiary/aromatic N) is 2. The van der Waals surface area contributed by atoms with Gasteiger partial charge in [0.1, 0.15) is 0 Å². The van der Waals surface area contributed by atoms with Crippen molar-refractivity contribution in [3.05, 3.63) is 33.8 Å². The number of aliphatic imine (C=N–C) groups is 1. The van der Waals surface area contributed by atoms with E-state index >= 15 is 0 Å². The molecule has 0 unspecified atom stereocenters. The van der Waals surface area contributed by atoms with Crippen LogP contribution in [0.5, 0.6) is 0 Å². The van der Waals surface area contributed by atoms with Crippen LogP contribution in [0.2, 0.25) is 10.0 Å². The molecule has 7 nitrogen and oxygen atoms in total. The molecule has 1 saturated heterocycles. The second kappa shape index (κ2) is 15.1. The summed E-state index contributed by atoms with van der Waals surface area (Å²) >= 11 is 11.8. The van der Waals surface area contributed by atoms with Crippen LogP contribution in [-0.4, -0.2) is 76.4 Å². The van der Waals surface area contributed by atoms with Crippen LogP contribution < -0.4 is 10.6 Å². The van der Waals surface area contributed by atoms with Crippen LogP contribution in [0.25, 0.3) is 0 Å². The van der Waals surface area contributed by atoms with Crippen molar-refractivity contribution in [3.63, 3.8) is 0 Å². The van der Waals surface area contributed by atoms with Gasteiger partial charge in [-0.05, 0) is 37.5 Å². The van der Waals surface area contributed by atoms with Gasteiger partial charge in [0.05, 0.1) is 16.1 Å². The number of likely N-dealkylation sites (tertiary alicyclic amines) is 1. The molecule has 2 N–H and O–H groups in total. The maximum absolute atomic E-state index is 12.2. The van der Waals surface area contributed by atoms with E-state index in [0.29, 0.717) is 34.8 Å². The summed E-state index contributed by atoms with van der Waals surface area (Å²) in [5.41, 5.74) is 0.483. The summed E-state index contributed by atoms with van der Waals surface area (Å²) < 4.78 is 10.9. The fourth-order valence-electron chi connectivity index (χ4n) is 3.11. The Balaban J connectivity index is 0.00000450. The van der Waals surface area contributed by atoms with Gasteiger partial charge in [-0.2, -0.15) is 0 Å². The lowest BCUT2D eigenvalue weighted by molar-refractivity contribution is 0.00991. The van der Waals surface area contributed by atoms with Gasteiger partial charge in [0.25, 0.3) is 5.91 Å². The summed E-state index contributed by atoms with van der Waals surface area (Å²) in [5, 5.41) is 6.95. The first-order valence-corrected chi connectivity index (χ1v) is 10.6. The minimum Gasteiger partial charge on any atom is -0.385 e. The second-order valence-corrected chi connectivity index (χ2v) is 7.58. The molecule has 30 heavy (non-hydrogen) atoms. The summed E-state index contributed by atoms with van der Waals surface area (Å²) in [5.74, 6) is 0.651. The average Bonchev–Trinajstić information content (AvgIpc) is 2.74. The molecule has 1 aromatic rings. The van der Waals surface area contributed by atoms with E-state index in [0.717, 1.165) is 51.5 Å². The monoisotopic (exact) mass is 572 g/mol. The zero-order valence-corrected chi connectivity index (χ0v) is 21.3. The van der Waals surface area contributed by atoms with E-state index in [-0.39, 0.29) is 29.9 Å². The largest absolute Gasteiger partial charge is 0.385 e. The predicted molar refractivity (Wildman–Crippen MR) is 133 cm³/mol. The van der Waals surface area contributed by atoms with E-state index in [9.17, 15) is 4.79 Å². The normalized spacial score (nSPS) is 14.9. The number of halogens is 3. The minimum atomic E-state index is -0.188. The lowest BCUT2D eigenvalue weighted by Crippen LogP contribution is -2.48. The number of nitrogens with one attached hydrogen (secondary N) is 2. The molecule has 0 aliphatic carbocycles. The van der Waals surface area contributed by atoms with Crippen LogP contribution in [-0.2, 0) is 9.47 Å². The summed E-state index contributed by atoms with van der Waals surface area (Å²) in [6.07, 6.45) is 3.17. The van der Waals surface area contributed by atoms with Crippen LogP contribution in [0, 0.1) is 0 Å². The zero-order chi connectivity index (χ0) is 21.1. The van der Waals surface area contributed by atoms with E-state index in [2.05, 4.69) is 20.5 Å². The Morgan fingerprint density at radius 3 is 2.50 bits per heavy atom. The number of carbonyl (C=O) groups excluding carboxylic acids is 1. The minimum absolute atomic E-state index is 0. The molecule has 1 fully saturated rings. The molecular weight excluding hydrogens is 542 g/mol. The van der Waals surface area contributed by atoms with E-state index < -0.39 is 0 Å². The molecule has 0 spiro atoms. The summed E-state index contributed by atoms with van der Waals surface area (Å²) in [6.45, 7) is 4.31. The molecular formula is C20H31Cl2IN4O3. The maximum Gasteiger partial charge on any atom is 0.251 e. The second-order valence-electron chi connectivity index (χ2n) is 6.76. The first kappa shape index (κ1) is 27.2. The molecule has 1 aromatic carbocycles. The lowest BCUT2D eigenvalue weighted by atomic mass is 10.1. The van der Waals surface area contributed by atoms with Gasteiger partial charge in [-0.25, -0.2) is 0 Å². The summed E-state index contributed by atoms with van der Waals surface area (Å²) in [6, 6.07) is 4.83. The molecule has 170 valence electrons. The Morgan fingerprint density at radius 2 is 1.87 bits per heavy atom. The third kappa shape index (κ3) is 9.13. The van der Waals surface area contributed by atoms with Crippen molar-refractivity contribution in [3.8, 4) is 0 Å². The standard InChI is InChI=1S/C20H30Cl2N4O3.HI/c1-23-20(26-10-6-16(7-11-26)29-13-3-12-28-2)25-9-8-24-19(27)15-4-5-17(21)18(22)14-15;/h4-5,14,16H,3,6-13H2,1-2H3,(H,23,25)(H,24,27);1H. The summed E-state index contributed by atoms with van der Waals surface area (Å²) in [7, 11) is 3.47. The van der Waals surface area contributed by atoms with Gasteiger partial charge in [0, 0.05) is 59.1 Å². The number of benzene rings is 1. The number of rotatable bonds is 9. The van der Waals surface area contributed by atoms with Crippen molar-refractivity contribution in [2.24, 2.45) is 4.99 Å². The van der Waals surface area contributed by atoms with E-state index in [1.54, 1.807) is 32.4 Å². The number of carbonyl (C=O) groups is 1. The van der Waals surface area contributed by atoms with E-state index in [1.807, 2.05) is 0 Å². The summed E-state index contributed by atoms with van der Waals surface area (Å²) in [4.78, 5) is 18.8. The van der Waals surface area contributed by atoms with Crippen molar-refractivity contribution >= 4 is 59.0 Å². The first-order chi connectivity index (χ1) is 14.0. The number of methoxy groups -OCH3 is 1. The number of hydrogen-bond donors (Lipinski definition) is 2. The van der Waals surface area contributed by atoms with Gasteiger partial charge in [-0.15, -0.1) is 24.0 Å². The predicted octanol–water partition coefficient (Wildman–Crippen LogP) is 3.43. The van der Waals surface area contributed by atoms with Crippen LogP contribution >= 0.6 is 47.2 Å². The topological polar surface area (TPSA) is 75.2 Å². The average molecular weight is 573 g/mol. The smallest absolute Gasteiger partial charge is 0.251 e. The van der Waals surface area contributed by atoms with Crippen molar-refractivity contribution in [2.45, 2.75) is 25.4 Å². The van der Waals surface area contributed by atoms with Crippen molar-refractivity contribution in [1.29, 1.82) is 0 Å². The number of amides is 1. The molecule has 2 rings (SSSR count). The van der Waals surface area contributed by atoms with Gasteiger partial charge in [-0.1, -0.05) is 23.2 Å². The molecule has 1 aliphatic heterocycles. The molecule has 0 radical (unpaired) electrons. The highest BCUT2D eigenvalue weighted by atomic mass is 127. The van der Waals surface area contributed by atoms with Crippen molar-refractivity contribution in [1.82, 2.24) is 15.5 Å². The highest BCUT2D eigenvalue weighted by molar-refractivity contribution is 14.0. The number of guanidine groups is 1. The molecule has 0 saturated carbocycles. The number of piperidine rings is 1. The van der Waals surface area contributed by atoms with Crippen molar-refractivity contribution < 1.29 is 14.3 Å². The fourth-order valence-corrected chi connectivity index (χ4v) is 3.41. The highest BCUT2D eigenvalue weighted by Gasteiger charge is 2.21. The molecule has 0 atom stereocenters. The lowest BCUT2D eigenvalue weighted by Gasteiger charge is -2.34. The Labute approximate surface area is 205 Å². The number of hydrogen-bond acceptors (Lipinski definition) is 4. The Bertz CT molecular complexity index is 686. The number of ether oxygens (including phenoxy) is 2. The first-order valence-electron chi connectivity index (χ1n) is 9.84. The molecule has 0 bridgehead atoms. The molecule has 0 aromatic heterocycles. The van der Waals surface area contributed by atoms with Crippen LogP contribution in [0.4, 0.5) is 0 Å². The third-order valence-corrected chi connectivity index (χ3v) is 5.41. The van der Waals surface area contributed by atoms with Crippen LogP contribution in [0.1, 0.15) is 29.6 Å². The van der Waals surface area contributed by atoms with Gasteiger partial charge in [0.15, 0.2) is 5.96 Å². The molecule has 1 amide bonds. The Morgan fingerprint density at radius 1 is 1.17 bits per heavy atom. The quantitative estimate of drug-likeness (QED) is 0.205. The molecule has 1 heterocycles. The van der Waals surface area contributed by atoms with Gasteiger partial charge >= 0.3 is 0 Å². The zero-order valence-electron chi connectivity index (χ0n) is 17.5. The third-order valence-electron chi connectivity index (χ3n) is 4.68. The van der Waals surface area contributed by atoms with Crippen LogP contribution in [0.15, 0.2) is 23.2 Å². The van der Waals surface area contributed by atoms with Gasteiger partial charge in [0.2, 0.25) is 0 Å². The molecule has 1 aliphatic rings. The SMILES string of the molecule is CN=C(NCCNC(=O)c1ccc(Cl)c(Cl)c1)N1CCC(OCCCOC)CC1.I. The van der Waals surface area contributed by atoms with Gasteiger partial charge < -0.3 is 25.0 Å². The van der Waals surface area contributed by atoms with Crippen molar-refractivity contribution in [2.75, 3.05) is 53.6 Å². The fraction of sp³-hybridized carbons (Fsp3) is 0.600.